The van der Waals surface area contributed by atoms with E-state index in [4.69, 9.17) is 0 Å². The number of halogens is 1. The van der Waals surface area contributed by atoms with Crippen molar-refractivity contribution in [3.05, 3.63) is 30.1 Å². The van der Waals surface area contributed by atoms with Crippen molar-refractivity contribution >= 4 is 10.0 Å². The SMILES string of the molecule is O=S(=O)(N[C@@H]1CCCNC1)c1ccc(F)cc1. The first-order valence-corrected chi connectivity index (χ1v) is 7.05. The maximum Gasteiger partial charge on any atom is 0.240 e. The van der Waals surface area contributed by atoms with E-state index in [9.17, 15) is 12.8 Å². The van der Waals surface area contributed by atoms with Crippen molar-refractivity contribution < 1.29 is 12.8 Å². The van der Waals surface area contributed by atoms with E-state index in [1.807, 2.05) is 0 Å². The second-order valence-corrected chi connectivity index (χ2v) is 5.83. The van der Waals surface area contributed by atoms with E-state index in [0.717, 1.165) is 31.5 Å². The van der Waals surface area contributed by atoms with Gasteiger partial charge in [0, 0.05) is 12.6 Å². The Morgan fingerprint density at radius 2 is 2.00 bits per heavy atom. The lowest BCUT2D eigenvalue weighted by Crippen LogP contribution is -2.45. The van der Waals surface area contributed by atoms with E-state index in [1.165, 1.54) is 12.1 Å². The predicted octanol–water partition coefficient (Wildman–Crippen LogP) is 0.856. The molecule has 1 aliphatic rings. The molecule has 0 saturated carbocycles. The third-order valence-corrected chi connectivity index (χ3v) is 4.28. The molecule has 94 valence electrons. The lowest BCUT2D eigenvalue weighted by Gasteiger charge is -2.23. The lowest BCUT2D eigenvalue weighted by molar-refractivity contribution is 0.428. The molecule has 0 unspecified atom stereocenters. The molecule has 2 N–H and O–H groups in total. The van der Waals surface area contributed by atoms with E-state index in [1.54, 1.807) is 0 Å². The summed E-state index contributed by atoms with van der Waals surface area (Å²) in [4.78, 5) is 0.101. The zero-order chi connectivity index (χ0) is 12.3. The summed E-state index contributed by atoms with van der Waals surface area (Å²) in [5, 5.41) is 3.13. The molecule has 0 radical (unpaired) electrons. The number of benzene rings is 1. The van der Waals surface area contributed by atoms with Crippen molar-refractivity contribution in [2.45, 2.75) is 23.8 Å². The van der Waals surface area contributed by atoms with Crippen molar-refractivity contribution in [3.63, 3.8) is 0 Å². The largest absolute Gasteiger partial charge is 0.315 e. The van der Waals surface area contributed by atoms with Crippen LogP contribution < -0.4 is 10.0 Å². The van der Waals surface area contributed by atoms with Crippen LogP contribution in [0.25, 0.3) is 0 Å². The van der Waals surface area contributed by atoms with Crippen LogP contribution in [0.1, 0.15) is 12.8 Å². The van der Waals surface area contributed by atoms with Crippen LogP contribution in [0.2, 0.25) is 0 Å². The van der Waals surface area contributed by atoms with Gasteiger partial charge in [0.1, 0.15) is 5.82 Å². The molecule has 0 bridgehead atoms. The molecule has 2 rings (SSSR count). The Bertz CT molecular complexity index is 467. The van der Waals surface area contributed by atoms with Gasteiger partial charge in [-0.05, 0) is 43.7 Å². The summed E-state index contributed by atoms with van der Waals surface area (Å²) >= 11 is 0. The molecular formula is C11H15FN2O2S. The zero-order valence-corrected chi connectivity index (χ0v) is 10.1. The fourth-order valence-corrected chi connectivity index (χ4v) is 3.12. The van der Waals surface area contributed by atoms with Crippen molar-refractivity contribution in [2.24, 2.45) is 0 Å². The number of rotatable bonds is 3. The Morgan fingerprint density at radius 3 is 2.59 bits per heavy atom. The van der Waals surface area contributed by atoms with Crippen LogP contribution in [-0.2, 0) is 10.0 Å². The van der Waals surface area contributed by atoms with E-state index in [0.29, 0.717) is 6.54 Å². The van der Waals surface area contributed by atoms with Crippen LogP contribution >= 0.6 is 0 Å². The maximum atomic E-state index is 12.7. The van der Waals surface area contributed by atoms with Gasteiger partial charge in [0.05, 0.1) is 4.90 Å². The lowest BCUT2D eigenvalue weighted by atomic mass is 10.1. The van der Waals surface area contributed by atoms with Crippen LogP contribution in [0.3, 0.4) is 0 Å². The summed E-state index contributed by atoms with van der Waals surface area (Å²) in [5.74, 6) is -0.441. The van der Waals surface area contributed by atoms with Crippen LogP contribution in [0.4, 0.5) is 4.39 Å². The average Bonchev–Trinajstić information content (AvgIpc) is 2.30. The Kier molecular flexibility index (Phi) is 3.76. The molecule has 0 aliphatic carbocycles. The van der Waals surface area contributed by atoms with Gasteiger partial charge in [-0.15, -0.1) is 0 Å². The highest BCUT2D eigenvalue weighted by Gasteiger charge is 2.21. The van der Waals surface area contributed by atoms with Crippen LogP contribution in [0.15, 0.2) is 29.2 Å². The van der Waals surface area contributed by atoms with Gasteiger partial charge in [-0.2, -0.15) is 0 Å². The Labute approximate surface area is 100 Å². The summed E-state index contributed by atoms with van der Waals surface area (Å²) in [6.45, 7) is 1.56. The number of hydrogen-bond acceptors (Lipinski definition) is 3. The smallest absolute Gasteiger partial charge is 0.240 e. The molecule has 0 amide bonds. The molecule has 1 atom stereocenters. The van der Waals surface area contributed by atoms with Gasteiger partial charge in [0.25, 0.3) is 0 Å². The summed E-state index contributed by atoms with van der Waals surface area (Å²) in [6.07, 6.45) is 1.78. The van der Waals surface area contributed by atoms with Gasteiger partial charge < -0.3 is 5.32 Å². The number of nitrogens with one attached hydrogen (secondary N) is 2. The molecule has 1 aliphatic heterocycles. The molecular weight excluding hydrogens is 243 g/mol. The third-order valence-electron chi connectivity index (χ3n) is 2.74. The molecule has 4 nitrogen and oxygen atoms in total. The van der Waals surface area contributed by atoms with Gasteiger partial charge in [0.15, 0.2) is 0 Å². The van der Waals surface area contributed by atoms with E-state index in [-0.39, 0.29) is 10.9 Å². The first-order valence-electron chi connectivity index (χ1n) is 5.56. The minimum absolute atomic E-state index is 0.0844. The molecule has 1 aromatic rings. The van der Waals surface area contributed by atoms with Gasteiger partial charge in [-0.3, -0.25) is 0 Å². The summed E-state index contributed by atoms with van der Waals surface area (Å²) in [7, 11) is -3.53. The Morgan fingerprint density at radius 1 is 1.29 bits per heavy atom. The summed E-state index contributed by atoms with van der Waals surface area (Å²) in [6, 6.07) is 4.75. The monoisotopic (exact) mass is 258 g/mol. The fraction of sp³-hybridized carbons (Fsp3) is 0.455. The third kappa shape index (κ3) is 3.24. The van der Waals surface area contributed by atoms with Crippen LogP contribution in [-0.4, -0.2) is 27.5 Å². The molecule has 1 fully saturated rings. The quantitative estimate of drug-likeness (QED) is 0.845. The number of sulfonamides is 1. The van der Waals surface area contributed by atoms with Crippen LogP contribution in [0.5, 0.6) is 0 Å². The van der Waals surface area contributed by atoms with E-state index in [2.05, 4.69) is 10.0 Å². The molecule has 1 saturated heterocycles. The highest BCUT2D eigenvalue weighted by molar-refractivity contribution is 7.89. The van der Waals surface area contributed by atoms with Crippen molar-refractivity contribution in [2.75, 3.05) is 13.1 Å². The molecule has 17 heavy (non-hydrogen) atoms. The van der Waals surface area contributed by atoms with E-state index >= 15 is 0 Å². The molecule has 6 heteroatoms. The minimum atomic E-state index is -3.53. The van der Waals surface area contributed by atoms with Gasteiger partial charge in [0.2, 0.25) is 10.0 Å². The molecule has 1 aromatic carbocycles. The minimum Gasteiger partial charge on any atom is -0.315 e. The van der Waals surface area contributed by atoms with E-state index < -0.39 is 15.8 Å². The average molecular weight is 258 g/mol. The Balaban J connectivity index is 2.10. The number of hydrogen-bond donors (Lipinski definition) is 2. The topological polar surface area (TPSA) is 58.2 Å². The standard InChI is InChI=1S/C11H15FN2O2S/c12-9-3-5-11(6-4-9)17(15,16)14-10-2-1-7-13-8-10/h3-6,10,13-14H,1-2,7-8H2/t10-/m1/s1. The van der Waals surface area contributed by atoms with Crippen LogP contribution in [0, 0.1) is 5.82 Å². The highest BCUT2D eigenvalue weighted by Crippen LogP contribution is 2.12. The second kappa shape index (κ2) is 5.12. The maximum absolute atomic E-state index is 12.7. The van der Waals surface area contributed by atoms with Gasteiger partial charge in [-0.1, -0.05) is 0 Å². The van der Waals surface area contributed by atoms with Gasteiger partial charge in [-0.25, -0.2) is 17.5 Å². The molecule has 0 aromatic heterocycles. The normalized spacial score (nSPS) is 21.4. The summed E-state index contributed by atoms with van der Waals surface area (Å²) < 4.78 is 39.2. The first kappa shape index (κ1) is 12.5. The number of piperidine rings is 1. The highest BCUT2D eigenvalue weighted by atomic mass is 32.2. The predicted molar refractivity (Wildman–Crippen MR) is 62.6 cm³/mol. The Hall–Kier alpha value is -0.980. The van der Waals surface area contributed by atoms with Crippen molar-refractivity contribution in [3.8, 4) is 0 Å². The fourth-order valence-electron chi connectivity index (χ4n) is 1.85. The molecule has 1 heterocycles. The van der Waals surface area contributed by atoms with Gasteiger partial charge >= 0.3 is 0 Å². The zero-order valence-electron chi connectivity index (χ0n) is 9.32. The second-order valence-electron chi connectivity index (χ2n) is 4.12. The first-order chi connectivity index (χ1) is 8.08. The summed E-state index contributed by atoms with van der Waals surface area (Å²) in [5.41, 5.74) is 0. The van der Waals surface area contributed by atoms with Crippen molar-refractivity contribution in [1.82, 2.24) is 10.0 Å². The van der Waals surface area contributed by atoms with Crippen molar-refractivity contribution in [1.29, 1.82) is 0 Å². The molecule has 0 spiro atoms.